The number of fused-ring (bicyclic) bond motifs is 1. The lowest BCUT2D eigenvalue weighted by Crippen LogP contribution is -2.35. The number of nitrogens with zero attached hydrogens (tertiary/aromatic N) is 1. The SMILES string of the molecule is COc1cccc2[nH]c(=O)n(C3CCCNC3)c12. The number of aromatic amines is 1. The Bertz CT molecular complexity index is 608. The number of nitrogens with one attached hydrogen (secondary N) is 2. The van der Waals surface area contributed by atoms with Gasteiger partial charge in [-0.2, -0.15) is 0 Å². The number of methoxy groups -OCH3 is 1. The molecule has 96 valence electrons. The van der Waals surface area contributed by atoms with E-state index in [2.05, 4.69) is 10.3 Å². The zero-order valence-electron chi connectivity index (χ0n) is 10.4. The third kappa shape index (κ3) is 1.71. The third-order valence-corrected chi connectivity index (χ3v) is 3.56. The Balaban J connectivity index is 2.20. The van der Waals surface area contributed by atoms with Gasteiger partial charge in [-0.3, -0.25) is 4.57 Å². The quantitative estimate of drug-likeness (QED) is 0.840. The van der Waals surface area contributed by atoms with Crippen molar-refractivity contribution < 1.29 is 4.74 Å². The zero-order chi connectivity index (χ0) is 12.5. The molecule has 1 aromatic carbocycles. The van der Waals surface area contributed by atoms with Gasteiger partial charge >= 0.3 is 5.69 Å². The van der Waals surface area contributed by atoms with Gasteiger partial charge in [-0.05, 0) is 31.5 Å². The van der Waals surface area contributed by atoms with Crippen LogP contribution >= 0.6 is 0 Å². The molecule has 1 saturated heterocycles. The fourth-order valence-electron chi connectivity index (χ4n) is 2.72. The molecule has 0 bridgehead atoms. The van der Waals surface area contributed by atoms with Crippen molar-refractivity contribution in [3.63, 3.8) is 0 Å². The number of H-pyrrole nitrogens is 1. The van der Waals surface area contributed by atoms with Crippen LogP contribution in [0.2, 0.25) is 0 Å². The Morgan fingerprint density at radius 1 is 1.44 bits per heavy atom. The first-order valence-electron chi connectivity index (χ1n) is 6.29. The van der Waals surface area contributed by atoms with Crippen LogP contribution < -0.4 is 15.7 Å². The average Bonchev–Trinajstić information content (AvgIpc) is 2.75. The predicted octanol–water partition coefficient (Wildman–Crippen LogP) is 1.26. The number of benzene rings is 1. The van der Waals surface area contributed by atoms with Gasteiger partial charge in [0, 0.05) is 6.54 Å². The summed E-state index contributed by atoms with van der Waals surface area (Å²) < 4.78 is 7.21. The second-order valence-corrected chi connectivity index (χ2v) is 4.66. The molecule has 1 aliphatic heterocycles. The first kappa shape index (κ1) is 11.3. The van der Waals surface area contributed by atoms with Crippen LogP contribution in [0.4, 0.5) is 0 Å². The molecule has 1 atom stereocenters. The van der Waals surface area contributed by atoms with Crippen molar-refractivity contribution in [3.05, 3.63) is 28.7 Å². The molecule has 0 radical (unpaired) electrons. The van der Waals surface area contributed by atoms with E-state index < -0.39 is 0 Å². The molecule has 0 aliphatic carbocycles. The Morgan fingerprint density at radius 3 is 3.06 bits per heavy atom. The van der Waals surface area contributed by atoms with Crippen molar-refractivity contribution in [3.8, 4) is 5.75 Å². The van der Waals surface area contributed by atoms with Crippen LogP contribution in [0.25, 0.3) is 11.0 Å². The second kappa shape index (κ2) is 4.49. The summed E-state index contributed by atoms with van der Waals surface area (Å²) in [5, 5.41) is 3.34. The number of para-hydroxylation sites is 1. The largest absolute Gasteiger partial charge is 0.494 e. The van der Waals surface area contributed by atoms with E-state index in [1.807, 2.05) is 22.8 Å². The number of hydrogen-bond donors (Lipinski definition) is 2. The molecule has 0 saturated carbocycles. The standard InChI is InChI=1S/C13H17N3O2/c1-18-11-6-2-5-10-12(11)16(13(17)15-10)9-4-3-7-14-8-9/h2,5-6,9,14H,3-4,7-8H2,1H3,(H,15,17). The van der Waals surface area contributed by atoms with Crippen molar-refractivity contribution in [2.24, 2.45) is 0 Å². The van der Waals surface area contributed by atoms with Crippen molar-refractivity contribution >= 4 is 11.0 Å². The summed E-state index contributed by atoms with van der Waals surface area (Å²) in [5.41, 5.74) is 1.66. The van der Waals surface area contributed by atoms with Gasteiger partial charge in [-0.15, -0.1) is 0 Å². The molecule has 1 aliphatic rings. The van der Waals surface area contributed by atoms with Crippen LogP contribution in [0, 0.1) is 0 Å². The lowest BCUT2D eigenvalue weighted by molar-refractivity contribution is 0.366. The van der Waals surface area contributed by atoms with Crippen molar-refractivity contribution in [1.82, 2.24) is 14.9 Å². The van der Waals surface area contributed by atoms with Gasteiger partial charge in [0.05, 0.1) is 18.7 Å². The van der Waals surface area contributed by atoms with Crippen LogP contribution in [0.1, 0.15) is 18.9 Å². The van der Waals surface area contributed by atoms with Gasteiger partial charge < -0.3 is 15.0 Å². The normalized spacial score (nSPS) is 20.2. The van der Waals surface area contributed by atoms with E-state index in [9.17, 15) is 4.79 Å². The molecule has 1 aromatic heterocycles. The van der Waals surface area contributed by atoms with Crippen LogP contribution in [-0.4, -0.2) is 29.8 Å². The highest BCUT2D eigenvalue weighted by molar-refractivity contribution is 5.82. The topological polar surface area (TPSA) is 59.1 Å². The molecule has 0 amide bonds. The van der Waals surface area contributed by atoms with Gasteiger partial charge in [0.1, 0.15) is 11.3 Å². The summed E-state index contributed by atoms with van der Waals surface area (Å²) in [4.78, 5) is 15.0. The highest BCUT2D eigenvalue weighted by atomic mass is 16.5. The van der Waals surface area contributed by atoms with E-state index in [1.165, 1.54) is 0 Å². The van der Waals surface area contributed by atoms with Crippen molar-refractivity contribution in [1.29, 1.82) is 0 Å². The first-order chi connectivity index (χ1) is 8.81. The van der Waals surface area contributed by atoms with E-state index in [4.69, 9.17) is 4.74 Å². The van der Waals surface area contributed by atoms with E-state index >= 15 is 0 Å². The average molecular weight is 247 g/mol. The maximum atomic E-state index is 12.1. The molecular weight excluding hydrogens is 230 g/mol. The predicted molar refractivity (Wildman–Crippen MR) is 70.3 cm³/mol. The first-order valence-corrected chi connectivity index (χ1v) is 6.29. The molecule has 18 heavy (non-hydrogen) atoms. The fraction of sp³-hybridized carbons (Fsp3) is 0.462. The number of aromatic nitrogens is 2. The molecule has 0 spiro atoms. The highest BCUT2D eigenvalue weighted by Crippen LogP contribution is 2.27. The van der Waals surface area contributed by atoms with E-state index in [0.717, 1.165) is 42.7 Å². The van der Waals surface area contributed by atoms with Gasteiger partial charge in [-0.1, -0.05) is 6.07 Å². The number of piperidine rings is 1. The summed E-state index contributed by atoms with van der Waals surface area (Å²) in [6.07, 6.45) is 2.12. The van der Waals surface area contributed by atoms with Crippen LogP contribution in [-0.2, 0) is 0 Å². The second-order valence-electron chi connectivity index (χ2n) is 4.66. The lowest BCUT2D eigenvalue weighted by atomic mass is 10.1. The molecule has 5 heteroatoms. The molecule has 2 aromatic rings. The Hall–Kier alpha value is -1.75. The van der Waals surface area contributed by atoms with Gasteiger partial charge in [0.25, 0.3) is 0 Å². The summed E-state index contributed by atoms with van der Waals surface area (Å²) in [6.45, 7) is 1.87. The van der Waals surface area contributed by atoms with Crippen molar-refractivity contribution in [2.45, 2.75) is 18.9 Å². The molecular formula is C13H17N3O2. The molecule has 3 rings (SSSR count). The summed E-state index contributed by atoms with van der Waals surface area (Å²) >= 11 is 0. The summed E-state index contributed by atoms with van der Waals surface area (Å²) in [7, 11) is 1.63. The molecule has 1 unspecified atom stereocenters. The van der Waals surface area contributed by atoms with E-state index in [-0.39, 0.29) is 11.7 Å². The van der Waals surface area contributed by atoms with Crippen LogP contribution in [0.5, 0.6) is 5.75 Å². The minimum Gasteiger partial charge on any atom is -0.494 e. The summed E-state index contributed by atoms with van der Waals surface area (Å²) in [5.74, 6) is 0.747. The number of rotatable bonds is 2. The maximum absolute atomic E-state index is 12.1. The Labute approximate surface area is 105 Å². The summed E-state index contributed by atoms with van der Waals surface area (Å²) in [6, 6.07) is 5.89. The maximum Gasteiger partial charge on any atom is 0.326 e. The molecule has 5 nitrogen and oxygen atoms in total. The smallest absolute Gasteiger partial charge is 0.326 e. The monoisotopic (exact) mass is 247 g/mol. The van der Waals surface area contributed by atoms with Gasteiger partial charge in [0.15, 0.2) is 0 Å². The lowest BCUT2D eigenvalue weighted by Gasteiger charge is -2.24. The minimum absolute atomic E-state index is 0.0526. The van der Waals surface area contributed by atoms with Gasteiger partial charge in [-0.25, -0.2) is 4.79 Å². The molecule has 2 heterocycles. The number of imidazole rings is 1. The Morgan fingerprint density at radius 2 is 2.33 bits per heavy atom. The van der Waals surface area contributed by atoms with Gasteiger partial charge in [0.2, 0.25) is 0 Å². The Kier molecular flexibility index (Phi) is 2.83. The molecule has 2 N–H and O–H groups in total. The zero-order valence-corrected chi connectivity index (χ0v) is 10.4. The minimum atomic E-state index is -0.0526. The third-order valence-electron chi connectivity index (χ3n) is 3.56. The van der Waals surface area contributed by atoms with Crippen LogP contribution in [0.15, 0.2) is 23.0 Å². The fourth-order valence-corrected chi connectivity index (χ4v) is 2.72. The molecule has 1 fully saturated rings. The number of hydrogen-bond acceptors (Lipinski definition) is 3. The van der Waals surface area contributed by atoms with Crippen LogP contribution in [0.3, 0.4) is 0 Å². The highest BCUT2D eigenvalue weighted by Gasteiger charge is 2.21. The van der Waals surface area contributed by atoms with E-state index in [1.54, 1.807) is 7.11 Å². The van der Waals surface area contributed by atoms with Crippen molar-refractivity contribution in [2.75, 3.05) is 20.2 Å². The van der Waals surface area contributed by atoms with E-state index in [0.29, 0.717) is 0 Å². The number of ether oxygens (including phenoxy) is 1.